The number of hydrogen-bond donors (Lipinski definition) is 2. The van der Waals surface area contributed by atoms with E-state index in [1.54, 1.807) is 0 Å². The van der Waals surface area contributed by atoms with Gasteiger partial charge < -0.3 is 25.1 Å². The summed E-state index contributed by atoms with van der Waals surface area (Å²) in [5, 5.41) is 10.5. The molecule has 106 valence electrons. The number of fused-ring (bicyclic) bond motifs is 1. The van der Waals surface area contributed by atoms with Gasteiger partial charge in [-0.1, -0.05) is 18.2 Å². The minimum Gasteiger partial charge on any atom is -0.493 e. The first-order valence-corrected chi connectivity index (χ1v) is 6.31. The maximum Gasteiger partial charge on any atom is 0.183 e. The third kappa shape index (κ3) is 2.60. The van der Waals surface area contributed by atoms with Crippen LogP contribution in [0.1, 0.15) is 5.56 Å². The predicted molar refractivity (Wildman–Crippen MR) is 70.9 cm³/mol. The highest BCUT2D eigenvalue weighted by atomic mass is 16.7. The number of aliphatic hydroxyl groups is 1. The molecule has 3 N–H and O–H groups in total. The molecule has 1 heterocycles. The van der Waals surface area contributed by atoms with Gasteiger partial charge in [-0.15, -0.1) is 0 Å². The fourth-order valence-corrected chi connectivity index (χ4v) is 2.53. The zero-order valence-corrected chi connectivity index (χ0v) is 11.3. The number of aliphatic hydroxyl groups excluding tert-OH is 1. The summed E-state index contributed by atoms with van der Waals surface area (Å²) in [5.74, 6) is 0.852. The molecule has 1 aromatic rings. The van der Waals surface area contributed by atoms with Crippen LogP contribution in [-0.2, 0) is 15.9 Å². The molecular weight excluding hydrogens is 246 g/mol. The van der Waals surface area contributed by atoms with Gasteiger partial charge in [-0.3, -0.25) is 0 Å². The van der Waals surface area contributed by atoms with Gasteiger partial charge in [0.2, 0.25) is 0 Å². The van der Waals surface area contributed by atoms with E-state index >= 15 is 0 Å². The van der Waals surface area contributed by atoms with E-state index in [0.717, 1.165) is 11.3 Å². The van der Waals surface area contributed by atoms with Crippen molar-refractivity contribution in [3.8, 4) is 5.75 Å². The van der Waals surface area contributed by atoms with Crippen molar-refractivity contribution in [2.45, 2.75) is 18.8 Å². The summed E-state index contributed by atoms with van der Waals surface area (Å²) >= 11 is 0. The van der Waals surface area contributed by atoms with E-state index in [1.807, 2.05) is 24.3 Å². The molecule has 2 atom stereocenters. The van der Waals surface area contributed by atoms with Crippen LogP contribution in [-0.4, -0.2) is 44.9 Å². The molecule has 0 spiro atoms. The Morgan fingerprint density at radius 3 is 2.68 bits per heavy atom. The summed E-state index contributed by atoms with van der Waals surface area (Å²) in [4.78, 5) is 0. The molecular formula is C14H21NO4. The number of hydrogen-bond acceptors (Lipinski definition) is 5. The fraction of sp³-hybridized carbons (Fsp3) is 0.571. The SMILES string of the molecule is COC(OC)C(O)C1(CN)COc2ccccc2C1. The third-order valence-electron chi connectivity index (χ3n) is 3.79. The van der Waals surface area contributed by atoms with E-state index in [0.29, 0.717) is 19.6 Å². The van der Waals surface area contributed by atoms with E-state index in [4.69, 9.17) is 19.9 Å². The lowest BCUT2D eigenvalue weighted by Crippen LogP contribution is -2.55. The van der Waals surface area contributed by atoms with Crippen LogP contribution in [0.25, 0.3) is 0 Å². The number of nitrogens with two attached hydrogens (primary N) is 1. The topological polar surface area (TPSA) is 73.9 Å². The number of methoxy groups -OCH3 is 2. The summed E-state index contributed by atoms with van der Waals surface area (Å²) in [6.07, 6.45) is -0.914. The lowest BCUT2D eigenvalue weighted by Gasteiger charge is -2.42. The second-order valence-electron chi connectivity index (χ2n) is 4.92. The molecule has 0 amide bonds. The summed E-state index contributed by atoms with van der Waals surface area (Å²) in [6.45, 7) is 0.649. The molecule has 0 aliphatic carbocycles. The second kappa shape index (κ2) is 5.88. The van der Waals surface area contributed by atoms with Gasteiger partial charge in [-0.05, 0) is 18.1 Å². The van der Waals surface area contributed by atoms with Crippen molar-refractivity contribution in [3.63, 3.8) is 0 Å². The lowest BCUT2D eigenvalue weighted by molar-refractivity contribution is -0.203. The molecule has 1 aliphatic heterocycles. The smallest absolute Gasteiger partial charge is 0.183 e. The zero-order chi connectivity index (χ0) is 13.9. The van der Waals surface area contributed by atoms with E-state index in [9.17, 15) is 5.11 Å². The molecule has 2 unspecified atom stereocenters. The lowest BCUT2D eigenvalue weighted by atomic mass is 9.75. The van der Waals surface area contributed by atoms with Crippen LogP contribution in [0.3, 0.4) is 0 Å². The van der Waals surface area contributed by atoms with Crippen LogP contribution in [0.15, 0.2) is 24.3 Å². The van der Waals surface area contributed by atoms with Crippen LogP contribution in [0, 0.1) is 5.41 Å². The van der Waals surface area contributed by atoms with Crippen LogP contribution in [0.5, 0.6) is 5.75 Å². The summed E-state index contributed by atoms with van der Waals surface area (Å²) in [6, 6.07) is 7.79. The van der Waals surface area contributed by atoms with Crippen molar-refractivity contribution in [2.24, 2.45) is 11.1 Å². The van der Waals surface area contributed by atoms with E-state index < -0.39 is 17.8 Å². The standard InChI is InChI=1S/C14H21NO4/c1-17-13(18-2)12(16)14(8-15)7-10-5-3-4-6-11(10)19-9-14/h3-6,12-13,16H,7-9,15H2,1-2H3. The molecule has 5 heteroatoms. The zero-order valence-electron chi connectivity index (χ0n) is 11.3. The summed E-state index contributed by atoms with van der Waals surface area (Å²) in [5.41, 5.74) is 6.35. The normalized spacial score (nSPS) is 23.8. The molecule has 1 aromatic carbocycles. The molecule has 0 fully saturated rings. The first-order chi connectivity index (χ1) is 9.16. The molecule has 0 bridgehead atoms. The van der Waals surface area contributed by atoms with Gasteiger partial charge in [0.05, 0.1) is 12.0 Å². The van der Waals surface area contributed by atoms with Crippen molar-refractivity contribution in [1.29, 1.82) is 0 Å². The Labute approximate surface area is 113 Å². The highest BCUT2D eigenvalue weighted by molar-refractivity contribution is 5.36. The van der Waals surface area contributed by atoms with Gasteiger partial charge >= 0.3 is 0 Å². The van der Waals surface area contributed by atoms with Gasteiger partial charge in [0.1, 0.15) is 11.9 Å². The van der Waals surface area contributed by atoms with Gasteiger partial charge in [0, 0.05) is 20.8 Å². The molecule has 5 nitrogen and oxygen atoms in total. The average Bonchev–Trinajstić information content (AvgIpc) is 2.47. The quantitative estimate of drug-likeness (QED) is 0.762. The van der Waals surface area contributed by atoms with Gasteiger partial charge in [0.25, 0.3) is 0 Å². The first kappa shape index (κ1) is 14.3. The Morgan fingerprint density at radius 2 is 2.05 bits per heavy atom. The van der Waals surface area contributed by atoms with E-state index in [2.05, 4.69) is 0 Å². The van der Waals surface area contributed by atoms with Gasteiger partial charge in [0.15, 0.2) is 6.29 Å². The van der Waals surface area contributed by atoms with Gasteiger partial charge in [-0.25, -0.2) is 0 Å². The van der Waals surface area contributed by atoms with Gasteiger partial charge in [-0.2, -0.15) is 0 Å². The molecule has 0 aromatic heterocycles. The Kier molecular flexibility index (Phi) is 4.42. The second-order valence-corrected chi connectivity index (χ2v) is 4.92. The van der Waals surface area contributed by atoms with Crippen LogP contribution >= 0.6 is 0 Å². The largest absolute Gasteiger partial charge is 0.493 e. The maximum atomic E-state index is 10.5. The Balaban J connectivity index is 2.26. The molecule has 0 radical (unpaired) electrons. The number of ether oxygens (including phenoxy) is 3. The summed E-state index contributed by atoms with van der Waals surface area (Å²) in [7, 11) is 3.00. The van der Waals surface area contributed by atoms with E-state index in [-0.39, 0.29) is 0 Å². The minimum atomic E-state index is -0.846. The van der Waals surface area contributed by atoms with Crippen LogP contribution in [0.2, 0.25) is 0 Å². The fourth-order valence-electron chi connectivity index (χ4n) is 2.53. The number of benzene rings is 1. The predicted octanol–water partition coefficient (Wildman–Crippen LogP) is 0.546. The molecule has 1 aliphatic rings. The average molecular weight is 267 g/mol. The highest BCUT2D eigenvalue weighted by Crippen LogP contribution is 2.37. The minimum absolute atomic E-state index is 0.297. The monoisotopic (exact) mass is 267 g/mol. The van der Waals surface area contributed by atoms with Crippen LogP contribution < -0.4 is 10.5 Å². The van der Waals surface area contributed by atoms with Crippen molar-refractivity contribution in [3.05, 3.63) is 29.8 Å². The van der Waals surface area contributed by atoms with Crippen LogP contribution in [0.4, 0.5) is 0 Å². The Hall–Kier alpha value is -1.14. The Morgan fingerprint density at radius 1 is 1.37 bits per heavy atom. The van der Waals surface area contributed by atoms with Crippen molar-refractivity contribution >= 4 is 0 Å². The number of rotatable bonds is 5. The Bertz CT molecular complexity index is 422. The maximum absolute atomic E-state index is 10.5. The molecule has 2 rings (SSSR count). The van der Waals surface area contributed by atoms with E-state index in [1.165, 1.54) is 14.2 Å². The molecule has 0 saturated heterocycles. The first-order valence-electron chi connectivity index (χ1n) is 6.31. The molecule has 0 saturated carbocycles. The number of para-hydroxylation sites is 1. The highest BCUT2D eigenvalue weighted by Gasteiger charge is 2.45. The third-order valence-corrected chi connectivity index (χ3v) is 3.79. The molecule has 19 heavy (non-hydrogen) atoms. The van der Waals surface area contributed by atoms with Crippen molar-refractivity contribution in [1.82, 2.24) is 0 Å². The summed E-state index contributed by atoms with van der Waals surface area (Å²) < 4.78 is 16.0. The van der Waals surface area contributed by atoms with Crippen molar-refractivity contribution < 1.29 is 19.3 Å². The van der Waals surface area contributed by atoms with Crippen molar-refractivity contribution in [2.75, 3.05) is 27.4 Å².